The third-order valence-corrected chi connectivity index (χ3v) is 3.86. The minimum absolute atomic E-state index is 0.00583. The summed E-state index contributed by atoms with van der Waals surface area (Å²) in [6.07, 6.45) is 3.84. The average molecular weight is 232 g/mol. The molecule has 0 aromatic heterocycles. The first kappa shape index (κ1) is 11.2. The van der Waals surface area contributed by atoms with Gasteiger partial charge in [-0.25, -0.2) is 0 Å². The number of fused-ring (bicyclic) bond motifs is 1. The zero-order chi connectivity index (χ0) is 11.7. The van der Waals surface area contributed by atoms with Gasteiger partial charge in [0.15, 0.2) is 0 Å². The van der Waals surface area contributed by atoms with E-state index < -0.39 is 0 Å². The minimum Gasteiger partial charge on any atom is -0.374 e. The number of morpholine rings is 1. The molecule has 1 heterocycles. The molecule has 1 saturated heterocycles. The second-order valence-electron chi connectivity index (χ2n) is 5.02. The van der Waals surface area contributed by atoms with E-state index in [4.69, 9.17) is 10.5 Å². The summed E-state index contributed by atoms with van der Waals surface area (Å²) >= 11 is 0. The number of hydrogen-bond acceptors (Lipinski definition) is 3. The second-order valence-corrected chi connectivity index (χ2v) is 5.02. The summed E-state index contributed by atoms with van der Waals surface area (Å²) in [5.74, 6) is 0. The van der Waals surface area contributed by atoms with E-state index in [2.05, 4.69) is 23.5 Å². The van der Waals surface area contributed by atoms with Crippen molar-refractivity contribution < 1.29 is 4.74 Å². The lowest BCUT2D eigenvalue weighted by atomic mass is 9.97. The van der Waals surface area contributed by atoms with Crippen LogP contribution in [0.4, 0.5) is 0 Å². The lowest BCUT2D eigenvalue weighted by molar-refractivity contribution is 0.0122. The van der Waals surface area contributed by atoms with Crippen LogP contribution in [0.25, 0.3) is 0 Å². The molecule has 2 atom stereocenters. The molecule has 0 spiro atoms. The molecule has 0 radical (unpaired) electrons. The van der Waals surface area contributed by atoms with E-state index in [0.717, 1.165) is 19.7 Å². The smallest absolute Gasteiger partial charge is 0.0892 e. The Bertz CT molecular complexity index is 399. The lowest BCUT2D eigenvalue weighted by Gasteiger charge is -2.29. The maximum absolute atomic E-state index is 6.30. The first-order valence-electron chi connectivity index (χ1n) is 6.54. The Morgan fingerprint density at radius 1 is 1.29 bits per heavy atom. The van der Waals surface area contributed by atoms with Crippen LogP contribution in [0.1, 0.15) is 29.2 Å². The number of ether oxygens (including phenoxy) is 1. The Kier molecular flexibility index (Phi) is 3.14. The van der Waals surface area contributed by atoms with E-state index in [1.54, 1.807) is 0 Å². The number of nitrogens with two attached hydrogens (primary N) is 1. The molecule has 2 aliphatic rings. The van der Waals surface area contributed by atoms with Gasteiger partial charge in [0.05, 0.1) is 18.8 Å². The molecule has 3 heteroatoms. The fourth-order valence-corrected chi connectivity index (χ4v) is 2.83. The Balaban J connectivity index is 1.78. The summed E-state index contributed by atoms with van der Waals surface area (Å²) in [7, 11) is 0. The van der Waals surface area contributed by atoms with Gasteiger partial charge in [-0.1, -0.05) is 18.2 Å². The SMILES string of the molecule is NC(c1ccc2c(c1)CCC2)C1CNCCO1. The summed E-state index contributed by atoms with van der Waals surface area (Å²) in [6, 6.07) is 6.69. The molecule has 0 bridgehead atoms. The summed E-state index contributed by atoms with van der Waals surface area (Å²) in [6.45, 7) is 2.56. The van der Waals surface area contributed by atoms with Crippen molar-refractivity contribution in [3.63, 3.8) is 0 Å². The van der Waals surface area contributed by atoms with Crippen LogP contribution in [0.3, 0.4) is 0 Å². The van der Waals surface area contributed by atoms with E-state index in [1.807, 2.05) is 0 Å². The summed E-state index contributed by atoms with van der Waals surface area (Å²) < 4.78 is 5.73. The quantitative estimate of drug-likeness (QED) is 0.804. The first-order chi connectivity index (χ1) is 8.34. The van der Waals surface area contributed by atoms with Gasteiger partial charge in [0.2, 0.25) is 0 Å². The Morgan fingerprint density at radius 2 is 2.18 bits per heavy atom. The largest absolute Gasteiger partial charge is 0.374 e. The van der Waals surface area contributed by atoms with Crippen molar-refractivity contribution in [1.82, 2.24) is 5.32 Å². The zero-order valence-electron chi connectivity index (χ0n) is 10.1. The van der Waals surface area contributed by atoms with Crippen molar-refractivity contribution in [2.24, 2.45) is 5.73 Å². The highest BCUT2D eigenvalue weighted by Crippen LogP contribution is 2.26. The number of aryl methyl sites for hydroxylation is 2. The molecule has 0 amide bonds. The van der Waals surface area contributed by atoms with Gasteiger partial charge >= 0.3 is 0 Å². The minimum atomic E-state index is -0.00583. The molecular formula is C14H20N2O. The van der Waals surface area contributed by atoms with Gasteiger partial charge in [0.1, 0.15) is 0 Å². The molecule has 3 N–H and O–H groups in total. The molecule has 3 rings (SSSR count). The summed E-state index contributed by atoms with van der Waals surface area (Å²) in [5.41, 5.74) is 10.5. The second kappa shape index (κ2) is 4.77. The standard InChI is InChI=1S/C14H20N2O/c15-14(13-9-16-6-7-17-13)12-5-4-10-2-1-3-11(10)8-12/h4-5,8,13-14,16H,1-3,6-7,9,15H2. The molecule has 1 aliphatic carbocycles. The van der Waals surface area contributed by atoms with Crippen LogP contribution < -0.4 is 11.1 Å². The topological polar surface area (TPSA) is 47.3 Å². The van der Waals surface area contributed by atoms with Crippen molar-refractivity contribution in [2.45, 2.75) is 31.4 Å². The highest BCUT2D eigenvalue weighted by Gasteiger charge is 2.23. The van der Waals surface area contributed by atoms with Gasteiger partial charge in [-0.15, -0.1) is 0 Å². The van der Waals surface area contributed by atoms with Gasteiger partial charge < -0.3 is 15.8 Å². The molecule has 1 aromatic carbocycles. The molecule has 0 saturated carbocycles. The van der Waals surface area contributed by atoms with Crippen LogP contribution in [0, 0.1) is 0 Å². The Hall–Kier alpha value is -0.900. The van der Waals surface area contributed by atoms with Crippen molar-refractivity contribution in [3.05, 3.63) is 34.9 Å². The number of rotatable bonds is 2. The maximum atomic E-state index is 6.30. The highest BCUT2D eigenvalue weighted by atomic mass is 16.5. The van der Waals surface area contributed by atoms with Crippen LogP contribution in [0.5, 0.6) is 0 Å². The molecule has 1 aliphatic heterocycles. The lowest BCUT2D eigenvalue weighted by Crippen LogP contribution is -2.44. The van der Waals surface area contributed by atoms with Crippen molar-refractivity contribution >= 4 is 0 Å². The predicted octanol–water partition coefficient (Wildman–Crippen LogP) is 1.16. The van der Waals surface area contributed by atoms with E-state index in [-0.39, 0.29) is 12.1 Å². The average Bonchev–Trinajstić information content (AvgIpc) is 2.86. The maximum Gasteiger partial charge on any atom is 0.0892 e. The van der Waals surface area contributed by atoms with Crippen LogP contribution in [-0.4, -0.2) is 25.8 Å². The van der Waals surface area contributed by atoms with Gasteiger partial charge in [0.25, 0.3) is 0 Å². The van der Waals surface area contributed by atoms with Crippen molar-refractivity contribution in [2.75, 3.05) is 19.7 Å². The van der Waals surface area contributed by atoms with Gasteiger partial charge in [-0.3, -0.25) is 0 Å². The van der Waals surface area contributed by atoms with Crippen molar-refractivity contribution in [3.8, 4) is 0 Å². The highest BCUT2D eigenvalue weighted by molar-refractivity contribution is 5.36. The van der Waals surface area contributed by atoms with Gasteiger partial charge in [-0.05, 0) is 36.0 Å². The number of nitrogens with one attached hydrogen (secondary N) is 1. The predicted molar refractivity (Wildman–Crippen MR) is 68.0 cm³/mol. The molecule has 2 unspecified atom stereocenters. The fraction of sp³-hybridized carbons (Fsp3) is 0.571. The molecule has 1 fully saturated rings. The van der Waals surface area contributed by atoms with Crippen LogP contribution in [-0.2, 0) is 17.6 Å². The number of benzene rings is 1. The van der Waals surface area contributed by atoms with E-state index in [9.17, 15) is 0 Å². The molecule has 3 nitrogen and oxygen atoms in total. The number of hydrogen-bond donors (Lipinski definition) is 2. The third-order valence-electron chi connectivity index (χ3n) is 3.86. The molecule has 92 valence electrons. The fourth-order valence-electron chi connectivity index (χ4n) is 2.83. The third kappa shape index (κ3) is 2.23. The Morgan fingerprint density at radius 3 is 3.00 bits per heavy atom. The van der Waals surface area contributed by atoms with E-state index in [0.29, 0.717) is 0 Å². The van der Waals surface area contributed by atoms with Crippen LogP contribution in [0.15, 0.2) is 18.2 Å². The summed E-state index contributed by atoms with van der Waals surface area (Å²) in [5, 5.41) is 3.33. The van der Waals surface area contributed by atoms with Gasteiger partial charge in [-0.2, -0.15) is 0 Å². The summed E-state index contributed by atoms with van der Waals surface area (Å²) in [4.78, 5) is 0. The zero-order valence-corrected chi connectivity index (χ0v) is 10.1. The van der Waals surface area contributed by atoms with Crippen LogP contribution in [0.2, 0.25) is 0 Å². The normalized spacial score (nSPS) is 25.6. The molecule has 1 aromatic rings. The van der Waals surface area contributed by atoms with Crippen LogP contribution >= 0.6 is 0 Å². The molecule has 17 heavy (non-hydrogen) atoms. The monoisotopic (exact) mass is 232 g/mol. The van der Waals surface area contributed by atoms with Gasteiger partial charge in [0, 0.05) is 13.1 Å². The molecular weight excluding hydrogens is 212 g/mol. The van der Waals surface area contributed by atoms with E-state index >= 15 is 0 Å². The first-order valence-corrected chi connectivity index (χ1v) is 6.54. The Labute approximate surface area is 102 Å². The van der Waals surface area contributed by atoms with Crippen molar-refractivity contribution in [1.29, 1.82) is 0 Å². The van der Waals surface area contributed by atoms with E-state index in [1.165, 1.54) is 36.0 Å².